The molecule has 0 aliphatic heterocycles. The lowest BCUT2D eigenvalue weighted by atomic mass is 9.86. The first-order chi connectivity index (χ1) is 11.2. The fourth-order valence-electron chi connectivity index (χ4n) is 3.30. The highest BCUT2D eigenvalue weighted by molar-refractivity contribution is 7.53. The van der Waals surface area contributed by atoms with Crippen LogP contribution in [0.4, 0.5) is 0 Å². The van der Waals surface area contributed by atoms with Crippen LogP contribution in [0.3, 0.4) is 0 Å². The summed E-state index contributed by atoms with van der Waals surface area (Å²) < 4.78 is 30.1. The molecular weight excluding hydrogens is 348 g/mol. The van der Waals surface area contributed by atoms with Crippen LogP contribution in [0.15, 0.2) is 0 Å². The van der Waals surface area contributed by atoms with Crippen LogP contribution in [0.1, 0.15) is 59.8 Å². The number of hydrogen-bond donors (Lipinski definition) is 1. The molecule has 6 nitrogen and oxygen atoms in total. The molecule has 0 bridgehead atoms. The number of rotatable bonds is 10. The van der Waals surface area contributed by atoms with E-state index in [1.54, 1.807) is 0 Å². The Balaban J connectivity index is 2.39. The molecule has 0 saturated heterocycles. The molecule has 0 aromatic rings. The van der Waals surface area contributed by atoms with Gasteiger partial charge < -0.3 is 18.5 Å². The minimum atomic E-state index is -2.90. The van der Waals surface area contributed by atoms with Crippen molar-refractivity contribution in [1.29, 1.82) is 0 Å². The molecule has 1 rings (SSSR count). The highest BCUT2D eigenvalue weighted by Crippen LogP contribution is 2.49. The second-order valence-corrected chi connectivity index (χ2v) is 10.6. The van der Waals surface area contributed by atoms with Gasteiger partial charge in [-0.2, -0.15) is 0 Å². The van der Waals surface area contributed by atoms with Crippen LogP contribution in [-0.4, -0.2) is 48.1 Å². The average molecular weight is 383 g/mol. The maximum absolute atomic E-state index is 12.1. The summed E-state index contributed by atoms with van der Waals surface area (Å²) in [4.78, 5) is 10.4. The molecule has 1 unspecified atom stereocenters. The summed E-state index contributed by atoms with van der Waals surface area (Å²) >= 11 is 0. The smallest absolute Gasteiger partial charge is 0.330 e. The molecule has 0 radical (unpaired) electrons. The van der Waals surface area contributed by atoms with Gasteiger partial charge in [-0.3, -0.25) is 4.57 Å². The Bertz CT molecular complexity index is 384. The van der Waals surface area contributed by atoms with E-state index in [4.69, 9.17) is 13.6 Å². The van der Waals surface area contributed by atoms with E-state index in [1.807, 2.05) is 4.67 Å². The molecule has 1 atom stereocenters. The van der Waals surface area contributed by atoms with Crippen molar-refractivity contribution in [2.24, 2.45) is 5.92 Å². The summed E-state index contributed by atoms with van der Waals surface area (Å²) in [5.41, 5.74) is 0. The van der Waals surface area contributed by atoms with Gasteiger partial charge in [0.1, 0.15) is 0 Å². The Morgan fingerprint density at radius 1 is 1.08 bits per heavy atom. The lowest BCUT2D eigenvalue weighted by Gasteiger charge is -2.36. The van der Waals surface area contributed by atoms with E-state index >= 15 is 0 Å². The third-order valence-electron chi connectivity index (χ3n) is 4.66. The Morgan fingerprint density at radius 2 is 1.58 bits per heavy atom. The zero-order chi connectivity index (χ0) is 18.3. The lowest BCUT2D eigenvalue weighted by Crippen LogP contribution is -2.34. The topological polar surface area (TPSA) is 68.2 Å². The van der Waals surface area contributed by atoms with Crippen LogP contribution in [0, 0.1) is 5.92 Å². The van der Waals surface area contributed by atoms with Gasteiger partial charge in [0.25, 0.3) is 8.53 Å². The average Bonchev–Trinajstić information content (AvgIpc) is 2.53. The van der Waals surface area contributed by atoms with Gasteiger partial charge in [-0.1, -0.05) is 0 Å². The summed E-state index contributed by atoms with van der Waals surface area (Å²) in [6.45, 7) is 8.32. The third-order valence-corrected chi connectivity index (χ3v) is 8.38. The van der Waals surface area contributed by atoms with Crippen LogP contribution in [0.5, 0.6) is 0 Å². The molecule has 24 heavy (non-hydrogen) atoms. The van der Waals surface area contributed by atoms with E-state index in [0.717, 1.165) is 32.1 Å². The zero-order valence-corrected chi connectivity index (χ0v) is 17.8. The highest BCUT2D eigenvalue weighted by Gasteiger charge is 2.30. The standard InChI is InChI=1S/C16H35NO5P2/c1-13(2)17(14(3)4)23(18)22-16-9-7-15(8-10-16)11-12-24(19,20-5)21-6/h13-16,18H,7-12H2,1-6H3. The Morgan fingerprint density at radius 3 is 2.00 bits per heavy atom. The van der Waals surface area contributed by atoms with Crippen LogP contribution in [0.2, 0.25) is 0 Å². The van der Waals surface area contributed by atoms with E-state index in [1.165, 1.54) is 14.2 Å². The minimum Gasteiger partial charge on any atom is -0.338 e. The van der Waals surface area contributed by atoms with Gasteiger partial charge in [0.15, 0.2) is 0 Å². The van der Waals surface area contributed by atoms with E-state index in [2.05, 4.69) is 27.7 Å². The van der Waals surface area contributed by atoms with Crippen molar-refractivity contribution in [2.45, 2.75) is 78.0 Å². The Hall–Kier alpha value is 0.460. The van der Waals surface area contributed by atoms with Gasteiger partial charge >= 0.3 is 7.60 Å². The zero-order valence-electron chi connectivity index (χ0n) is 16.0. The van der Waals surface area contributed by atoms with Gasteiger partial charge in [-0.25, -0.2) is 4.67 Å². The second kappa shape index (κ2) is 10.6. The van der Waals surface area contributed by atoms with Crippen molar-refractivity contribution in [3.63, 3.8) is 0 Å². The van der Waals surface area contributed by atoms with Crippen molar-refractivity contribution in [2.75, 3.05) is 20.4 Å². The molecule has 0 aromatic carbocycles. The fourth-order valence-corrected chi connectivity index (χ4v) is 5.88. The molecular formula is C16H35NO5P2. The first-order valence-corrected chi connectivity index (χ1v) is 11.8. The van der Waals surface area contributed by atoms with E-state index in [0.29, 0.717) is 12.1 Å². The first kappa shape index (κ1) is 22.5. The quantitative estimate of drug-likeness (QED) is 0.548. The molecule has 0 heterocycles. The lowest BCUT2D eigenvalue weighted by molar-refractivity contribution is 0.107. The summed E-state index contributed by atoms with van der Waals surface area (Å²) in [5.74, 6) is 0.527. The SMILES string of the molecule is COP(=O)(CCC1CCC(OP(O)N(C(C)C)C(C)C)CC1)OC. The summed E-state index contributed by atoms with van der Waals surface area (Å²) in [7, 11) is -1.56. The van der Waals surface area contributed by atoms with Crippen molar-refractivity contribution in [3.8, 4) is 0 Å². The van der Waals surface area contributed by atoms with Crippen LogP contribution in [0.25, 0.3) is 0 Å². The number of nitrogens with zero attached hydrogens (tertiary/aromatic N) is 1. The van der Waals surface area contributed by atoms with Gasteiger partial charge in [-0.05, 0) is 65.7 Å². The van der Waals surface area contributed by atoms with Gasteiger partial charge in [0, 0.05) is 26.3 Å². The molecule has 1 fully saturated rings. The molecule has 1 aliphatic carbocycles. The molecule has 0 spiro atoms. The van der Waals surface area contributed by atoms with E-state index in [9.17, 15) is 9.46 Å². The van der Waals surface area contributed by atoms with E-state index in [-0.39, 0.29) is 18.2 Å². The summed E-state index contributed by atoms with van der Waals surface area (Å²) in [6.07, 6.45) is 5.39. The molecule has 1 aliphatic rings. The van der Waals surface area contributed by atoms with Gasteiger partial charge in [-0.15, -0.1) is 0 Å². The van der Waals surface area contributed by atoms with Gasteiger partial charge in [0.05, 0.1) is 12.3 Å². The van der Waals surface area contributed by atoms with Crippen LogP contribution in [-0.2, 0) is 18.1 Å². The predicted octanol–water partition coefficient (Wildman–Crippen LogP) is 4.78. The molecule has 8 heteroatoms. The van der Waals surface area contributed by atoms with Crippen LogP contribution >= 0.6 is 16.1 Å². The Labute approximate surface area is 148 Å². The normalized spacial score (nSPS) is 24.1. The maximum Gasteiger partial charge on any atom is 0.330 e. The first-order valence-electron chi connectivity index (χ1n) is 8.87. The summed E-state index contributed by atoms with van der Waals surface area (Å²) in [5, 5.41) is 0. The van der Waals surface area contributed by atoms with E-state index < -0.39 is 16.1 Å². The van der Waals surface area contributed by atoms with Crippen molar-refractivity contribution in [1.82, 2.24) is 4.67 Å². The van der Waals surface area contributed by atoms with Gasteiger partial charge in [0.2, 0.25) is 0 Å². The molecule has 1 saturated carbocycles. The number of hydrogen-bond acceptors (Lipinski definition) is 6. The molecule has 0 aromatic heterocycles. The maximum atomic E-state index is 12.1. The highest BCUT2D eigenvalue weighted by atomic mass is 31.2. The van der Waals surface area contributed by atoms with Crippen LogP contribution < -0.4 is 0 Å². The molecule has 0 amide bonds. The third kappa shape index (κ3) is 6.99. The van der Waals surface area contributed by atoms with Crippen molar-refractivity contribution < 1.29 is 23.0 Å². The fraction of sp³-hybridized carbons (Fsp3) is 1.00. The molecule has 1 N–H and O–H groups in total. The summed E-state index contributed by atoms with van der Waals surface area (Å²) in [6, 6.07) is 0.518. The Kier molecular flexibility index (Phi) is 9.91. The van der Waals surface area contributed by atoms with Crippen molar-refractivity contribution >= 4 is 16.1 Å². The van der Waals surface area contributed by atoms with Crippen molar-refractivity contribution in [3.05, 3.63) is 0 Å². The minimum absolute atomic E-state index is 0.119. The monoisotopic (exact) mass is 383 g/mol. The largest absolute Gasteiger partial charge is 0.338 e. The second-order valence-electron chi connectivity index (χ2n) is 7.06. The predicted molar refractivity (Wildman–Crippen MR) is 99.2 cm³/mol. The molecule has 144 valence electrons.